The maximum atomic E-state index is 12.6. The average molecular weight is 279 g/mol. The molecule has 0 saturated heterocycles. The predicted octanol–water partition coefficient (Wildman–Crippen LogP) is 1.35. The van der Waals surface area contributed by atoms with E-state index in [1.165, 1.54) is 6.07 Å². The van der Waals surface area contributed by atoms with Crippen molar-refractivity contribution in [2.45, 2.75) is 32.0 Å². The monoisotopic (exact) mass is 279 g/mol. The van der Waals surface area contributed by atoms with Crippen LogP contribution in [0.4, 0.5) is 24.8 Å². The first-order valence-corrected chi connectivity index (χ1v) is 5.57. The highest BCUT2D eigenvalue weighted by Gasteiger charge is 2.35. The highest BCUT2D eigenvalue weighted by atomic mass is 19.4. The second-order valence-corrected chi connectivity index (χ2v) is 4.31. The molecule has 1 aromatic rings. The van der Waals surface area contributed by atoms with Crippen molar-refractivity contribution in [1.82, 2.24) is 9.97 Å². The number of nitrogens with zero attached hydrogens (tertiary/aromatic N) is 2. The van der Waals surface area contributed by atoms with Crippen LogP contribution in [0.3, 0.4) is 0 Å². The molecule has 0 fully saturated rings. The van der Waals surface area contributed by atoms with Crippen molar-refractivity contribution in [2.75, 3.05) is 17.3 Å². The van der Waals surface area contributed by atoms with Gasteiger partial charge in [-0.25, -0.2) is 15.8 Å². The highest BCUT2D eigenvalue weighted by Crippen LogP contribution is 2.28. The zero-order valence-corrected chi connectivity index (χ0v) is 10.5. The summed E-state index contributed by atoms with van der Waals surface area (Å²) in [5.74, 6) is 3.52. The van der Waals surface area contributed by atoms with Crippen LogP contribution in [0.15, 0.2) is 6.07 Å². The molecule has 1 unspecified atom stereocenters. The first kappa shape index (κ1) is 15.4. The van der Waals surface area contributed by atoms with Crippen LogP contribution in [0.25, 0.3) is 0 Å². The van der Waals surface area contributed by atoms with Gasteiger partial charge in [-0.05, 0) is 13.3 Å². The molecule has 0 saturated carbocycles. The molecule has 108 valence electrons. The molecule has 0 aliphatic rings. The van der Waals surface area contributed by atoms with Crippen LogP contribution in [0.2, 0.25) is 0 Å². The molecule has 0 aliphatic heterocycles. The third-order valence-corrected chi connectivity index (χ3v) is 2.54. The Bertz CT molecular complexity index is 436. The number of halogens is 3. The van der Waals surface area contributed by atoms with Crippen molar-refractivity contribution in [2.24, 2.45) is 5.84 Å². The smallest absolute Gasteiger partial charge is 0.388 e. The van der Waals surface area contributed by atoms with E-state index >= 15 is 0 Å². The minimum atomic E-state index is -4.67. The SMILES string of the molecule is CCC(C)(O)CNc1cc(NN)nc(C(F)(F)F)n1. The average Bonchev–Trinajstić information content (AvgIpc) is 2.35. The number of hydrazine groups is 1. The van der Waals surface area contributed by atoms with Gasteiger partial charge >= 0.3 is 6.18 Å². The van der Waals surface area contributed by atoms with Crippen molar-refractivity contribution in [3.05, 3.63) is 11.9 Å². The van der Waals surface area contributed by atoms with E-state index < -0.39 is 17.6 Å². The second-order valence-electron chi connectivity index (χ2n) is 4.31. The fraction of sp³-hybridized carbons (Fsp3) is 0.600. The van der Waals surface area contributed by atoms with Gasteiger partial charge in [0, 0.05) is 12.6 Å². The molecule has 1 atom stereocenters. The number of alkyl halides is 3. The summed E-state index contributed by atoms with van der Waals surface area (Å²) in [5, 5.41) is 12.4. The first-order chi connectivity index (χ1) is 8.68. The lowest BCUT2D eigenvalue weighted by molar-refractivity contribution is -0.144. The number of hydrogen-bond acceptors (Lipinski definition) is 6. The summed E-state index contributed by atoms with van der Waals surface area (Å²) in [4.78, 5) is 6.55. The minimum Gasteiger partial charge on any atom is -0.388 e. The summed E-state index contributed by atoms with van der Waals surface area (Å²) in [6, 6.07) is 1.22. The molecule has 5 N–H and O–H groups in total. The molecule has 0 amide bonds. The van der Waals surface area contributed by atoms with E-state index in [0.717, 1.165) is 0 Å². The Balaban J connectivity index is 2.95. The number of nitrogen functional groups attached to an aromatic ring is 1. The number of nitrogens with one attached hydrogen (secondary N) is 2. The molecular formula is C10H16F3N5O. The van der Waals surface area contributed by atoms with E-state index in [1.54, 1.807) is 13.8 Å². The standard InChI is InChI=1S/C10H16F3N5O/c1-3-9(2,19)5-15-6-4-7(18-14)17-8(16-6)10(11,12)13/h4,19H,3,5,14H2,1-2H3,(H2,15,16,17,18). The molecule has 9 heteroatoms. The first-order valence-electron chi connectivity index (χ1n) is 5.57. The van der Waals surface area contributed by atoms with E-state index in [4.69, 9.17) is 5.84 Å². The number of hydrogen-bond donors (Lipinski definition) is 4. The molecular weight excluding hydrogens is 263 g/mol. The highest BCUT2D eigenvalue weighted by molar-refractivity contribution is 5.47. The Labute approximate surface area is 108 Å². The summed E-state index contributed by atoms with van der Waals surface area (Å²) in [6.45, 7) is 3.38. The molecule has 1 aromatic heterocycles. The van der Waals surface area contributed by atoms with Gasteiger partial charge in [-0.1, -0.05) is 6.92 Å². The Morgan fingerprint density at radius 1 is 1.32 bits per heavy atom. The zero-order chi connectivity index (χ0) is 14.7. The van der Waals surface area contributed by atoms with Crippen LogP contribution in [0.1, 0.15) is 26.1 Å². The number of rotatable bonds is 5. The second kappa shape index (κ2) is 5.57. The van der Waals surface area contributed by atoms with E-state index in [1.807, 2.05) is 5.43 Å². The third-order valence-electron chi connectivity index (χ3n) is 2.54. The van der Waals surface area contributed by atoms with Crippen molar-refractivity contribution >= 4 is 11.6 Å². The van der Waals surface area contributed by atoms with Crippen LogP contribution in [0.5, 0.6) is 0 Å². The van der Waals surface area contributed by atoms with Gasteiger partial charge in [0.15, 0.2) is 0 Å². The number of aromatic nitrogens is 2. The Morgan fingerprint density at radius 2 is 1.89 bits per heavy atom. The molecule has 1 rings (SSSR count). The van der Waals surface area contributed by atoms with Crippen LogP contribution < -0.4 is 16.6 Å². The van der Waals surface area contributed by atoms with Crippen molar-refractivity contribution in [3.8, 4) is 0 Å². The minimum absolute atomic E-state index is 0.0574. The summed E-state index contributed by atoms with van der Waals surface area (Å²) in [5.41, 5.74) is 0.995. The van der Waals surface area contributed by atoms with Gasteiger partial charge in [0.25, 0.3) is 0 Å². The van der Waals surface area contributed by atoms with Crippen LogP contribution in [-0.4, -0.2) is 27.2 Å². The van der Waals surface area contributed by atoms with Gasteiger partial charge in [-0.15, -0.1) is 0 Å². The van der Waals surface area contributed by atoms with E-state index in [0.29, 0.717) is 6.42 Å². The lowest BCUT2D eigenvalue weighted by atomic mass is 10.0. The fourth-order valence-electron chi connectivity index (χ4n) is 1.14. The van der Waals surface area contributed by atoms with Crippen molar-refractivity contribution < 1.29 is 18.3 Å². The summed E-state index contributed by atoms with van der Waals surface area (Å²) in [7, 11) is 0. The van der Waals surface area contributed by atoms with Gasteiger partial charge in [0.05, 0.1) is 5.60 Å². The molecule has 1 heterocycles. The topological polar surface area (TPSA) is 96.1 Å². The zero-order valence-electron chi connectivity index (χ0n) is 10.5. The Morgan fingerprint density at radius 3 is 2.37 bits per heavy atom. The fourth-order valence-corrected chi connectivity index (χ4v) is 1.14. The molecule has 0 aromatic carbocycles. The Hall–Kier alpha value is -1.61. The number of anilines is 2. The van der Waals surface area contributed by atoms with E-state index in [2.05, 4.69) is 15.3 Å². The molecule has 0 radical (unpaired) electrons. The molecule has 0 spiro atoms. The molecule has 0 aliphatic carbocycles. The third kappa shape index (κ3) is 4.52. The van der Waals surface area contributed by atoms with E-state index in [-0.39, 0.29) is 18.2 Å². The summed E-state index contributed by atoms with van der Waals surface area (Å²) >= 11 is 0. The van der Waals surface area contributed by atoms with Gasteiger partial charge in [0.1, 0.15) is 11.6 Å². The summed E-state index contributed by atoms with van der Waals surface area (Å²) in [6.07, 6.45) is -4.23. The van der Waals surface area contributed by atoms with Crippen LogP contribution in [-0.2, 0) is 6.18 Å². The summed E-state index contributed by atoms with van der Waals surface area (Å²) < 4.78 is 37.7. The van der Waals surface area contributed by atoms with Gasteiger partial charge in [0.2, 0.25) is 5.82 Å². The van der Waals surface area contributed by atoms with E-state index in [9.17, 15) is 18.3 Å². The van der Waals surface area contributed by atoms with Crippen molar-refractivity contribution in [1.29, 1.82) is 0 Å². The largest absolute Gasteiger partial charge is 0.451 e. The van der Waals surface area contributed by atoms with Crippen LogP contribution >= 0.6 is 0 Å². The van der Waals surface area contributed by atoms with Gasteiger partial charge in [-0.2, -0.15) is 13.2 Å². The van der Waals surface area contributed by atoms with Crippen molar-refractivity contribution in [3.63, 3.8) is 0 Å². The molecule has 6 nitrogen and oxygen atoms in total. The number of nitrogens with two attached hydrogens (primary N) is 1. The lowest BCUT2D eigenvalue weighted by Crippen LogP contribution is -2.33. The van der Waals surface area contributed by atoms with Gasteiger partial charge < -0.3 is 15.8 Å². The number of aliphatic hydroxyl groups is 1. The van der Waals surface area contributed by atoms with Gasteiger partial charge in [-0.3, -0.25) is 0 Å². The maximum absolute atomic E-state index is 12.6. The normalized spacial score (nSPS) is 14.9. The maximum Gasteiger partial charge on any atom is 0.451 e. The van der Waals surface area contributed by atoms with Crippen LogP contribution in [0, 0.1) is 0 Å². The Kier molecular flexibility index (Phi) is 4.53. The predicted molar refractivity (Wildman–Crippen MR) is 64.2 cm³/mol. The lowest BCUT2D eigenvalue weighted by Gasteiger charge is -2.22. The molecule has 19 heavy (non-hydrogen) atoms. The molecule has 0 bridgehead atoms. The quantitative estimate of drug-likeness (QED) is 0.480.